The topological polar surface area (TPSA) is 46.2 Å². The number of hydrogen-bond donors (Lipinski definition) is 1. The van der Waals surface area contributed by atoms with Crippen LogP contribution in [-0.4, -0.2) is 8.42 Å². The van der Waals surface area contributed by atoms with E-state index in [0.717, 1.165) is 24.0 Å². The molecule has 0 amide bonds. The molecule has 0 heterocycles. The predicted molar refractivity (Wildman–Crippen MR) is 88.4 cm³/mol. The Labute approximate surface area is 136 Å². The van der Waals surface area contributed by atoms with Crippen molar-refractivity contribution in [2.45, 2.75) is 30.7 Å². The zero-order valence-electron chi connectivity index (χ0n) is 12.3. The van der Waals surface area contributed by atoms with E-state index in [1.165, 1.54) is 6.07 Å². The van der Waals surface area contributed by atoms with Gasteiger partial charge in [-0.25, -0.2) is 13.1 Å². The van der Waals surface area contributed by atoms with Gasteiger partial charge in [0.05, 0.1) is 5.02 Å². The SMILES string of the molecule is Cc1ccc(C(NS(=O)(=O)c2ccccc2Cl)C2CC2)cc1. The molecule has 22 heavy (non-hydrogen) atoms. The second-order valence-corrected chi connectivity index (χ2v) is 7.87. The van der Waals surface area contributed by atoms with Gasteiger partial charge >= 0.3 is 0 Å². The van der Waals surface area contributed by atoms with Crippen LogP contribution in [0.3, 0.4) is 0 Å². The molecule has 1 aliphatic carbocycles. The lowest BCUT2D eigenvalue weighted by Crippen LogP contribution is -2.30. The Hall–Kier alpha value is -1.36. The molecule has 1 saturated carbocycles. The van der Waals surface area contributed by atoms with E-state index in [1.54, 1.807) is 18.2 Å². The van der Waals surface area contributed by atoms with Crippen LogP contribution in [0.1, 0.15) is 30.0 Å². The fraction of sp³-hybridized carbons (Fsp3) is 0.294. The van der Waals surface area contributed by atoms with Crippen molar-refractivity contribution in [3.8, 4) is 0 Å². The molecule has 0 bridgehead atoms. The van der Waals surface area contributed by atoms with E-state index < -0.39 is 10.0 Å². The van der Waals surface area contributed by atoms with Gasteiger partial charge in [-0.05, 0) is 43.4 Å². The molecule has 0 aromatic heterocycles. The first kappa shape index (κ1) is 15.5. The zero-order valence-corrected chi connectivity index (χ0v) is 13.9. The molecule has 1 unspecified atom stereocenters. The standard InChI is InChI=1S/C17H18ClNO2S/c1-12-6-8-13(9-7-12)17(14-10-11-14)19-22(20,21)16-5-3-2-4-15(16)18/h2-9,14,17,19H,10-11H2,1H3. The van der Waals surface area contributed by atoms with Crippen LogP contribution in [0.4, 0.5) is 0 Å². The minimum atomic E-state index is -3.64. The Morgan fingerprint density at radius 3 is 2.32 bits per heavy atom. The van der Waals surface area contributed by atoms with Crippen LogP contribution < -0.4 is 4.72 Å². The minimum Gasteiger partial charge on any atom is -0.207 e. The summed E-state index contributed by atoms with van der Waals surface area (Å²) in [6.45, 7) is 2.02. The van der Waals surface area contributed by atoms with Crippen LogP contribution in [0, 0.1) is 12.8 Å². The summed E-state index contributed by atoms with van der Waals surface area (Å²) in [5.41, 5.74) is 2.16. The molecular formula is C17H18ClNO2S. The summed E-state index contributed by atoms with van der Waals surface area (Å²) in [5, 5.41) is 0.244. The van der Waals surface area contributed by atoms with E-state index >= 15 is 0 Å². The van der Waals surface area contributed by atoms with Crippen LogP contribution in [0.2, 0.25) is 5.02 Å². The summed E-state index contributed by atoms with van der Waals surface area (Å²) in [6.07, 6.45) is 2.09. The van der Waals surface area contributed by atoms with Gasteiger partial charge in [0.2, 0.25) is 10.0 Å². The number of sulfonamides is 1. The number of nitrogens with one attached hydrogen (secondary N) is 1. The minimum absolute atomic E-state index is 0.134. The summed E-state index contributed by atoms with van der Waals surface area (Å²) in [5.74, 6) is 0.361. The molecule has 1 fully saturated rings. The molecule has 0 spiro atoms. The van der Waals surface area contributed by atoms with Crippen molar-refractivity contribution in [2.75, 3.05) is 0 Å². The van der Waals surface area contributed by atoms with Crippen molar-refractivity contribution in [3.05, 3.63) is 64.7 Å². The van der Waals surface area contributed by atoms with E-state index in [2.05, 4.69) is 4.72 Å². The lowest BCUT2D eigenvalue weighted by Gasteiger charge is -2.19. The summed E-state index contributed by atoms with van der Waals surface area (Å²) >= 11 is 6.04. The van der Waals surface area contributed by atoms with E-state index in [-0.39, 0.29) is 16.0 Å². The Balaban J connectivity index is 1.91. The Morgan fingerprint density at radius 1 is 1.09 bits per heavy atom. The van der Waals surface area contributed by atoms with E-state index in [0.29, 0.717) is 5.92 Å². The second-order valence-electron chi connectivity index (χ2n) is 5.78. The number of hydrogen-bond acceptors (Lipinski definition) is 2. The Bertz CT molecular complexity index is 768. The molecule has 116 valence electrons. The smallest absolute Gasteiger partial charge is 0.207 e. The first-order valence-corrected chi connectivity index (χ1v) is 9.17. The predicted octanol–water partition coefficient (Wildman–Crippen LogP) is 4.08. The number of halogens is 1. The van der Waals surface area contributed by atoms with Crippen molar-refractivity contribution in [2.24, 2.45) is 5.92 Å². The molecular weight excluding hydrogens is 318 g/mol. The molecule has 2 aromatic carbocycles. The average Bonchev–Trinajstić information content (AvgIpc) is 3.31. The highest BCUT2D eigenvalue weighted by Gasteiger charge is 2.35. The lowest BCUT2D eigenvalue weighted by atomic mass is 10.0. The molecule has 3 rings (SSSR count). The van der Waals surface area contributed by atoms with Crippen molar-refractivity contribution < 1.29 is 8.42 Å². The summed E-state index contributed by atoms with van der Waals surface area (Å²) in [7, 11) is -3.64. The van der Waals surface area contributed by atoms with E-state index in [9.17, 15) is 8.42 Å². The molecule has 1 aliphatic rings. The highest BCUT2D eigenvalue weighted by Crippen LogP contribution is 2.42. The normalized spacial score (nSPS) is 16.5. The van der Waals surface area contributed by atoms with Crippen molar-refractivity contribution >= 4 is 21.6 Å². The molecule has 0 saturated heterocycles. The number of benzene rings is 2. The molecule has 1 N–H and O–H groups in total. The van der Waals surface area contributed by atoms with E-state index in [4.69, 9.17) is 11.6 Å². The maximum absolute atomic E-state index is 12.6. The third-order valence-electron chi connectivity index (χ3n) is 3.94. The fourth-order valence-corrected chi connectivity index (χ4v) is 4.35. The summed E-state index contributed by atoms with van der Waals surface area (Å²) in [4.78, 5) is 0.134. The van der Waals surface area contributed by atoms with Gasteiger partial charge in [0.1, 0.15) is 4.90 Å². The van der Waals surface area contributed by atoms with Gasteiger partial charge in [0, 0.05) is 6.04 Å². The average molecular weight is 336 g/mol. The van der Waals surface area contributed by atoms with Gasteiger partial charge in [0.15, 0.2) is 0 Å². The van der Waals surface area contributed by atoms with Gasteiger partial charge in [-0.3, -0.25) is 0 Å². The molecule has 2 aromatic rings. The first-order chi connectivity index (χ1) is 10.5. The van der Waals surface area contributed by atoms with Crippen LogP contribution >= 0.6 is 11.6 Å². The molecule has 5 heteroatoms. The Morgan fingerprint density at radius 2 is 1.73 bits per heavy atom. The maximum Gasteiger partial charge on any atom is 0.242 e. The fourth-order valence-electron chi connectivity index (χ4n) is 2.53. The number of rotatable bonds is 5. The van der Waals surface area contributed by atoms with Crippen molar-refractivity contribution in [1.82, 2.24) is 4.72 Å². The first-order valence-electron chi connectivity index (χ1n) is 7.31. The van der Waals surface area contributed by atoms with Crippen molar-refractivity contribution in [3.63, 3.8) is 0 Å². The lowest BCUT2D eigenvalue weighted by molar-refractivity contribution is 0.529. The highest BCUT2D eigenvalue weighted by molar-refractivity contribution is 7.89. The molecule has 3 nitrogen and oxygen atoms in total. The van der Waals surface area contributed by atoms with Crippen LogP contribution in [0.5, 0.6) is 0 Å². The second kappa shape index (κ2) is 6.03. The van der Waals surface area contributed by atoms with Gasteiger partial charge in [0.25, 0.3) is 0 Å². The third-order valence-corrected chi connectivity index (χ3v) is 5.88. The van der Waals surface area contributed by atoms with Gasteiger partial charge in [-0.15, -0.1) is 0 Å². The van der Waals surface area contributed by atoms with Crippen LogP contribution in [-0.2, 0) is 10.0 Å². The quantitative estimate of drug-likeness (QED) is 0.895. The largest absolute Gasteiger partial charge is 0.242 e. The van der Waals surface area contributed by atoms with E-state index in [1.807, 2.05) is 31.2 Å². The molecule has 0 aliphatic heterocycles. The highest BCUT2D eigenvalue weighted by atomic mass is 35.5. The van der Waals surface area contributed by atoms with Gasteiger partial charge in [-0.2, -0.15) is 0 Å². The monoisotopic (exact) mass is 335 g/mol. The van der Waals surface area contributed by atoms with Crippen molar-refractivity contribution in [1.29, 1.82) is 0 Å². The van der Waals surface area contributed by atoms with Gasteiger partial charge < -0.3 is 0 Å². The molecule has 1 atom stereocenters. The van der Waals surface area contributed by atoms with Gasteiger partial charge in [-0.1, -0.05) is 53.6 Å². The van der Waals surface area contributed by atoms with Crippen LogP contribution in [0.15, 0.2) is 53.4 Å². The summed E-state index contributed by atoms with van der Waals surface area (Å²) in [6, 6.07) is 14.3. The maximum atomic E-state index is 12.6. The Kier molecular flexibility index (Phi) is 4.26. The zero-order chi connectivity index (χ0) is 15.7. The number of aryl methyl sites for hydroxylation is 1. The van der Waals surface area contributed by atoms with Crippen LogP contribution in [0.25, 0.3) is 0 Å². The molecule has 0 radical (unpaired) electrons. The summed E-state index contributed by atoms with van der Waals surface area (Å²) < 4.78 is 28.1. The third kappa shape index (κ3) is 3.35.